The quantitative estimate of drug-likeness (QED) is 0.0221. The molecule has 21 heteroatoms. The molecule has 0 fully saturated rings. The average Bonchev–Trinajstić information content (AvgIpc) is 0.789. The fourth-order valence-electron chi connectivity index (χ4n) is 11.1. The van der Waals surface area contributed by atoms with Gasteiger partial charge >= 0.3 is 52.2 Å². The molecule has 0 saturated heterocycles. The minimum Gasteiger partial charge on any atom is -0.0622 e. The van der Waals surface area contributed by atoms with E-state index < -0.39 is 33.1 Å². The largest absolute Gasteiger partial charge is 0.0622 e. The maximum absolute atomic E-state index is 11.3. The van der Waals surface area contributed by atoms with Crippen LogP contribution in [0.1, 0.15) is 29.7 Å². The van der Waals surface area contributed by atoms with E-state index in [-0.39, 0.29) is 88.4 Å². The molecule has 2 heterocycles. The van der Waals surface area contributed by atoms with Gasteiger partial charge in [0.1, 0.15) is 5.69 Å². The first kappa shape index (κ1) is 90.7. The maximum Gasteiger partial charge on any atom is 0 e. The summed E-state index contributed by atoms with van der Waals surface area (Å²) < 4.78 is 27.5. The Kier molecular flexibility index (Phi) is 41.4. The second kappa shape index (κ2) is 49.3. The molecule has 0 spiro atoms. The molecular weight excluding hydrogens is 1560 g/mol. The Bertz CT molecular complexity index is 4650. The number of benzene rings is 12. The number of nitrogens with zero attached hydrogens (tertiary/aromatic N) is 4. The Morgan fingerprint density at radius 3 is 0.880 bits per heavy atom. The van der Waals surface area contributed by atoms with Crippen LogP contribution in [-0.4, -0.2) is 123 Å². The van der Waals surface area contributed by atoms with Gasteiger partial charge in [-0.05, 0) is 98.4 Å². The van der Waals surface area contributed by atoms with Crippen molar-refractivity contribution >= 4 is 155 Å². The SMILES string of the molecule is C.CS(=O)(=O)Oc1cnc(-c2ccccc2)c(-c2ccccc2)n1.Cc1cccc(C)c1-c1cnc(-c2ccccc2)c(-c2ccccc2)n1.Cc1cccc(C)c1B(O)O.O=[C-]OO.[Cl][Pd][Cl].[Na].[Na].c1ccc(P(c2ccccc2)c2ccccc2)cc1.c1ccc(P(c2ccccc2)c2ccccc2)cc1. The van der Waals surface area contributed by atoms with E-state index in [4.69, 9.17) is 53.3 Å². The molecule has 12 aromatic carbocycles. The molecule has 0 aliphatic rings. The van der Waals surface area contributed by atoms with Crippen molar-refractivity contribution in [1.29, 1.82) is 0 Å². The minimum atomic E-state index is -3.66. The Hall–Kier alpha value is -7.93. The summed E-state index contributed by atoms with van der Waals surface area (Å²) in [5.74, 6) is -0.0500. The number of halogens is 2. The first-order valence-corrected chi connectivity index (χ1v) is 41.4. The Morgan fingerprint density at radius 1 is 0.389 bits per heavy atom. The van der Waals surface area contributed by atoms with Gasteiger partial charge < -0.3 is 23.9 Å². The standard InChI is InChI=1S/C24H20N2.2C18H15P.C17H14N2O3S.C8H11BO2.CHO3.CH4.2ClH.2Na.Pd/c1-17-10-9-11-18(2)22(17)21-16-25-23(19-12-5-3-6-13-19)24(26-21)20-14-7-4-8-15-20;2*1-4-10-16(11-5-1)19(17-12-6-2-7-13-17)18-14-8-3-9-15-18;1-23(20,21)22-15-12-18-16(13-8-4-2-5-9-13)17(19-15)14-10-6-3-7-11-14;1-6-4-3-5-7(2)8(6)9(10)11;2-1-4-3;;;;;;/h3-16H,1-2H3;2*1-15H;2-12H,1H3;3-5,10-11H,1-2H3;3H;1H4;2*1H;;;/q;;;;;-1;;;;;;+2/p-2. The van der Waals surface area contributed by atoms with Gasteiger partial charge in [0.2, 0.25) is 0 Å². The van der Waals surface area contributed by atoms with Crippen molar-refractivity contribution in [2.45, 2.75) is 35.1 Å². The molecule has 542 valence electrons. The molecule has 2 radical (unpaired) electrons. The smallest absolute Gasteiger partial charge is 0 e. The van der Waals surface area contributed by atoms with Gasteiger partial charge in [0.15, 0.2) is 0 Å². The topological polar surface area (TPSA) is 182 Å². The minimum absolute atomic E-state index is 0. The van der Waals surface area contributed by atoms with Crippen LogP contribution in [0.15, 0.2) is 352 Å². The predicted octanol–water partition coefficient (Wildman–Crippen LogP) is 16.9. The molecule has 14 rings (SSSR count). The van der Waals surface area contributed by atoms with Gasteiger partial charge in [-0.1, -0.05) is 358 Å². The van der Waals surface area contributed by atoms with E-state index in [0.717, 1.165) is 68.8 Å². The van der Waals surface area contributed by atoms with E-state index in [1.165, 1.54) is 49.2 Å². The summed E-state index contributed by atoms with van der Waals surface area (Å²) >= 11 is -0.106. The second-order valence-electron chi connectivity index (χ2n) is 23.0. The maximum atomic E-state index is 11.3. The number of carbonyl (C=O) groups excluding carboxylic acids is 1. The Balaban J connectivity index is 0.000000239. The third kappa shape index (κ3) is 28.5. The van der Waals surface area contributed by atoms with Crippen molar-refractivity contribution in [1.82, 2.24) is 19.9 Å². The molecule has 0 bridgehead atoms. The van der Waals surface area contributed by atoms with E-state index in [1.54, 1.807) is 0 Å². The molecule has 3 N–H and O–H groups in total. The van der Waals surface area contributed by atoms with Crippen LogP contribution in [0.3, 0.4) is 0 Å². The van der Waals surface area contributed by atoms with Gasteiger partial charge in [-0.2, -0.15) is 8.42 Å². The molecular formula is C87H80BCl2N4Na2O8P2PdS-. The zero-order chi connectivity index (χ0) is 74.6. The first-order chi connectivity index (χ1) is 51.1. The van der Waals surface area contributed by atoms with E-state index in [2.05, 4.69) is 253 Å². The van der Waals surface area contributed by atoms with Crippen LogP contribution in [0.25, 0.3) is 56.3 Å². The molecule has 0 unspecified atom stereocenters. The normalized spacial score (nSPS) is 10.1. The third-order valence-electron chi connectivity index (χ3n) is 15.6. The average molecular weight is 1640 g/mol. The van der Waals surface area contributed by atoms with Crippen LogP contribution >= 0.6 is 34.9 Å². The summed E-state index contributed by atoms with van der Waals surface area (Å²) in [5, 5.41) is 33.2. The van der Waals surface area contributed by atoms with E-state index in [0.29, 0.717) is 16.9 Å². The third-order valence-corrected chi connectivity index (χ3v) is 21.0. The van der Waals surface area contributed by atoms with Gasteiger partial charge in [0, 0.05) is 86.9 Å². The molecule has 0 atom stereocenters. The summed E-state index contributed by atoms with van der Waals surface area (Å²) in [6.07, 6.45) is 4.18. The van der Waals surface area contributed by atoms with E-state index >= 15 is 0 Å². The number of aryl methyl sites for hydroxylation is 4. The number of hydrogen-bond donors (Lipinski definition) is 3. The second-order valence-corrected chi connectivity index (χ2v) is 31.3. The zero-order valence-corrected chi connectivity index (χ0v) is 69.8. The van der Waals surface area contributed by atoms with Crippen LogP contribution in [-0.2, 0) is 35.7 Å². The van der Waals surface area contributed by atoms with Gasteiger partial charge in [0.25, 0.3) is 5.88 Å². The van der Waals surface area contributed by atoms with E-state index in [1.807, 2.05) is 135 Å². The molecule has 2 aromatic heterocycles. The summed E-state index contributed by atoms with van der Waals surface area (Å²) in [4.78, 5) is 29.9. The van der Waals surface area contributed by atoms with Crippen LogP contribution in [0.5, 0.6) is 5.88 Å². The van der Waals surface area contributed by atoms with Gasteiger partial charge in [0.05, 0.1) is 41.4 Å². The van der Waals surface area contributed by atoms with Crippen molar-refractivity contribution in [2.75, 3.05) is 6.26 Å². The molecule has 108 heavy (non-hydrogen) atoms. The molecule has 12 nitrogen and oxygen atoms in total. The van der Waals surface area contributed by atoms with Gasteiger partial charge in [-0.15, -0.1) is 0 Å². The van der Waals surface area contributed by atoms with Crippen molar-refractivity contribution in [3.05, 3.63) is 374 Å². The predicted molar refractivity (Wildman–Crippen MR) is 452 cm³/mol. The number of hydrogen-bond acceptors (Lipinski definition) is 12. The van der Waals surface area contributed by atoms with Crippen LogP contribution in [0.4, 0.5) is 0 Å². The van der Waals surface area contributed by atoms with Crippen LogP contribution < -0.4 is 41.5 Å². The van der Waals surface area contributed by atoms with Gasteiger partial charge in [-0.25, -0.2) is 20.2 Å². The van der Waals surface area contributed by atoms with Crippen molar-refractivity contribution in [2.24, 2.45) is 0 Å². The van der Waals surface area contributed by atoms with Crippen LogP contribution in [0, 0.1) is 27.7 Å². The molecule has 0 aliphatic carbocycles. The Labute approximate surface area is 699 Å². The summed E-state index contributed by atoms with van der Waals surface area (Å²) in [5.41, 5.74) is 13.9. The van der Waals surface area contributed by atoms with Gasteiger partial charge in [-0.3, -0.25) is 4.98 Å². The van der Waals surface area contributed by atoms with E-state index in [9.17, 15) is 8.42 Å². The van der Waals surface area contributed by atoms with Crippen molar-refractivity contribution < 1.29 is 53.5 Å². The summed E-state index contributed by atoms with van der Waals surface area (Å²) in [7, 11) is 3.73. The fraction of sp³-hybridized carbons (Fsp3) is 0.0690. The zero-order valence-electron chi connectivity index (χ0n) is 60.1. The number of aromatic nitrogens is 4. The summed E-state index contributed by atoms with van der Waals surface area (Å²) in [6, 6.07) is 116. The fourth-order valence-corrected chi connectivity index (χ4v) is 16.1. The Morgan fingerprint density at radius 2 is 0.630 bits per heavy atom. The monoisotopic (exact) mass is 1640 g/mol. The van der Waals surface area contributed by atoms with Crippen molar-refractivity contribution in [3.8, 4) is 62.2 Å². The number of rotatable bonds is 15. The summed E-state index contributed by atoms with van der Waals surface area (Å²) in [6.45, 7) is 8.71. The molecule has 0 saturated carbocycles. The molecule has 14 aromatic rings. The van der Waals surface area contributed by atoms with Crippen molar-refractivity contribution in [3.63, 3.8) is 0 Å². The van der Waals surface area contributed by atoms with Crippen LogP contribution in [0.2, 0.25) is 0 Å². The first-order valence-electron chi connectivity index (χ1n) is 32.9. The molecule has 0 amide bonds. The molecule has 0 aliphatic heterocycles.